The standard InChI is InChI=1S/C19H24BrN3O2S.HI/c1-21-19(23(2)13-17-6-4-5-7-18(17)20)22-12-15-8-10-16(11-9-15)14-26(3,24)25;/h4-11H,12-14H2,1-3H3,(H,21,22);1H. The normalized spacial score (nSPS) is 11.6. The molecule has 2 aromatic rings. The van der Waals surface area contributed by atoms with Crippen molar-refractivity contribution in [1.29, 1.82) is 0 Å². The maximum absolute atomic E-state index is 11.4. The summed E-state index contributed by atoms with van der Waals surface area (Å²) >= 11 is 3.57. The first kappa shape index (κ1) is 23.9. The molecule has 0 aromatic heterocycles. The highest BCUT2D eigenvalue weighted by Crippen LogP contribution is 2.17. The van der Waals surface area contributed by atoms with Crippen LogP contribution in [0.4, 0.5) is 0 Å². The Morgan fingerprint density at radius 2 is 1.70 bits per heavy atom. The summed E-state index contributed by atoms with van der Waals surface area (Å²) < 4.78 is 23.8. The van der Waals surface area contributed by atoms with E-state index in [0.717, 1.165) is 28.1 Å². The van der Waals surface area contributed by atoms with Gasteiger partial charge in [0.15, 0.2) is 15.8 Å². The summed E-state index contributed by atoms with van der Waals surface area (Å²) in [5.41, 5.74) is 3.05. The SMILES string of the molecule is CN=C(NCc1ccc(CS(C)(=O)=O)cc1)N(C)Cc1ccccc1Br.I. The van der Waals surface area contributed by atoms with E-state index >= 15 is 0 Å². The fourth-order valence-corrected chi connectivity index (χ4v) is 3.79. The van der Waals surface area contributed by atoms with Crippen molar-refractivity contribution in [2.24, 2.45) is 4.99 Å². The molecule has 8 heteroatoms. The van der Waals surface area contributed by atoms with Gasteiger partial charge in [-0.05, 0) is 22.8 Å². The quantitative estimate of drug-likeness (QED) is 0.329. The van der Waals surface area contributed by atoms with Crippen molar-refractivity contribution in [1.82, 2.24) is 10.2 Å². The van der Waals surface area contributed by atoms with Gasteiger partial charge in [-0.1, -0.05) is 58.4 Å². The number of nitrogens with one attached hydrogen (secondary N) is 1. The van der Waals surface area contributed by atoms with Crippen molar-refractivity contribution in [2.45, 2.75) is 18.8 Å². The zero-order valence-electron chi connectivity index (χ0n) is 15.6. The molecule has 0 aliphatic carbocycles. The van der Waals surface area contributed by atoms with Gasteiger partial charge in [0.2, 0.25) is 0 Å². The fraction of sp³-hybridized carbons (Fsp3) is 0.316. The minimum Gasteiger partial charge on any atom is -0.352 e. The molecule has 5 nitrogen and oxygen atoms in total. The molecule has 27 heavy (non-hydrogen) atoms. The second kappa shape index (κ2) is 11.0. The monoisotopic (exact) mass is 565 g/mol. The van der Waals surface area contributed by atoms with Crippen LogP contribution in [0.5, 0.6) is 0 Å². The molecule has 2 rings (SSSR count). The van der Waals surface area contributed by atoms with Crippen molar-refractivity contribution in [3.05, 3.63) is 69.7 Å². The van der Waals surface area contributed by atoms with Crippen LogP contribution in [0.1, 0.15) is 16.7 Å². The van der Waals surface area contributed by atoms with Crippen molar-refractivity contribution >= 4 is 55.7 Å². The highest BCUT2D eigenvalue weighted by molar-refractivity contribution is 14.0. The number of rotatable bonds is 6. The van der Waals surface area contributed by atoms with Crippen LogP contribution in [-0.2, 0) is 28.7 Å². The molecule has 148 valence electrons. The summed E-state index contributed by atoms with van der Waals surface area (Å²) in [6.45, 7) is 1.35. The number of nitrogens with zero attached hydrogens (tertiary/aromatic N) is 2. The summed E-state index contributed by atoms with van der Waals surface area (Å²) in [5.74, 6) is 0.859. The Balaban J connectivity index is 0.00000364. The first-order valence-corrected chi connectivity index (χ1v) is 11.0. The average molecular weight is 566 g/mol. The lowest BCUT2D eigenvalue weighted by Gasteiger charge is -2.22. The Hall–Kier alpha value is -1.13. The molecule has 0 fully saturated rings. The van der Waals surface area contributed by atoms with Gasteiger partial charge >= 0.3 is 0 Å². The lowest BCUT2D eigenvalue weighted by Crippen LogP contribution is -2.38. The highest BCUT2D eigenvalue weighted by Gasteiger charge is 2.09. The molecule has 0 bridgehead atoms. The first-order chi connectivity index (χ1) is 12.3. The van der Waals surface area contributed by atoms with Gasteiger partial charge in [0.05, 0.1) is 5.75 Å². The van der Waals surface area contributed by atoms with Gasteiger partial charge in [-0.15, -0.1) is 24.0 Å². The van der Waals surface area contributed by atoms with Crippen LogP contribution in [0, 0.1) is 0 Å². The Morgan fingerprint density at radius 1 is 1.11 bits per heavy atom. The molecule has 0 atom stereocenters. The second-order valence-electron chi connectivity index (χ2n) is 6.23. The first-order valence-electron chi connectivity index (χ1n) is 8.19. The molecular weight excluding hydrogens is 541 g/mol. The Morgan fingerprint density at radius 3 is 2.26 bits per heavy atom. The summed E-state index contributed by atoms with van der Waals surface area (Å²) in [6, 6.07) is 15.7. The maximum atomic E-state index is 11.4. The molecule has 0 amide bonds. The minimum absolute atomic E-state index is 0. The minimum atomic E-state index is -3.01. The molecule has 0 aliphatic rings. The smallest absolute Gasteiger partial charge is 0.193 e. The zero-order chi connectivity index (χ0) is 19.2. The Kier molecular flexibility index (Phi) is 9.75. The van der Waals surface area contributed by atoms with E-state index in [1.54, 1.807) is 7.05 Å². The van der Waals surface area contributed by atoms with E-state index in [0.29, 0.717) is 6.54 Å². The van der Waals surface area contributed by atoms with E-state index < -0.39 is 9.84 Å². The fourth-order valence-electron chi connectivity index (χ4n) is 2.58. The van der Waals surface area contributed by atoms with Crippen molar-refractivity contribution in [3.8, 4) is 0 Å². The van der Waals surface area contributed by atoms with Gasteiger partial charge in [-0.25, -0.2) is 8.42 Å². The predicted molar refractivity (Wildman–Crippen MR) is 126 cm³/mol. The highest BCUT2D eigenvalue weighted by atomic mass is 127. The van der Waals surface area contributed by atoms with Gasteiger partial charge in [0.1, 0.15) is 0 Å². The molecule has 0 radical (unpaired) electrons. The molecule has 0 saturated heterocycles. The number of benzene rings is 2. The molecule has 0 spiro atoms. The van der Waals surface area contributed by atoms with E-state index in [9.17, 15) is 8.42 Å². The third-order valence-corrected chi connectivity index (χ3v) is 5.47. The van der Waals surface area contributed by atoms with E-state index in [-0.39, 0.29) is 29.7 Å². The van der Waals surface area contributed by atoms with Gasteiger partial charge in [0.25, 0.3) is 0 Å². The molecular formula is C19H25BrIN3O2S. The topological polar surface area (TPSA) is 61.8 Å². The van der Waals surface area contributed by atoms with Gasteiger partial charge < -0.3 is 10.2 Å². The number of hydrogen-bond acceptors (Lipinski definition) is 3. The molecule has 1 N–H and O–H groups in total. The molecule has 0 aliphatic heterocycles. The van der Waals surface area contributed by atoms with Gasteiger partial charge in [-0.2, -0.15) is 0 Å². The van der Waals surface area contributed by atoms with Crippen LogP contribution < -0.4 is 5.32 Å². The van der Waals surface area contributed by atoms with E-state index in [2.05, 4.69) is 37.2 Å². The van der Waals surface area contributed by atoms with E-state index in [4.69, 9.17) is 0 Å². The van der Waals surface area contributed by atoms with E-state index in [1.165, 1.54) is 11.8 Å². The lowest BCUT2D eigenvalue weighted by molar-refractivity contribution is 0.475. The van der Waals surface area contributed by atoms with Gasteiger partial charge in [-0.3, -0.25) is 4.99 Å². The van der Waals surface area contributed by atoms with Gasteiger partial charge in [0, 0.05) is 37.9 Å². The van der Waals surface area contributed by atoms with Crippen LogP contribution >= 0.6 is 39.9 Å². The second-order valence-corrected chi connectivity index (χ2v) is 9.23. The molecule has 0 heterocycles. The number of halogens is 2. The van der Waals surface area contributed by atoms with E-state index in [1.807, 2.05) is 49.5 Å². The summed E-state index contributed by atoms with van der Waals surface area (Å²) in [5, 5.41) is 3.34. The summed E-state index contributed by atoms with van der Waals surface area (Å²) in [4.78, 5) is 6.39. The van der Waals surface area contributed by atoms with Crippen LogP contribution in [0.25, 0.3) is 0 Å². The van der Waals surface area contributed by atoms with Crippen LogP contribution in [-0.4, -0.2) is 39.6 Å². The molecule has 0 saturated carbocycles. The number of aliphatic imine (C=N–C) groups is 1. The molecule has 0 unspecified atom stereocenters. The van der Waals surface area contributed by atoms with Crippen LogP contribution in [0.15, 0.2) is 58.0 Å². The maximum Gasteiger partial charge on any atom is 0.193 e. The molecule has 2 aromatic carbocycles. The number of guanidine groups is 1. The summed E-state index contributed by atoms with van der Waals surface area (Å²) in [6.07, 6.45) is 1.24. The van der Waals surface area contributed by atoms with Crippen molar-refractivity contribution < 1.29 is 8.42 Å². The average Bonchev–Trinajstić information content (AvgIpc) is 2.57. The summed E-state index contributed by atoms with van der Waals surface area (Å²) in [7, 11) is 0.739. The largest absolute Gasteiger partial charge is 0.352 e. The van der Waals surface area contributed by atoms with Crippen LogP contribution in [0.2, 0.25) is 0 Å². The van der Waals surface area contributed by atoms with Crippen molar-refractivity contribution in [2.75, 3.05) is 20.4 Å². The lowest BCUT2D eigenvalue weighted by atomic mass is 10.1. The number of hydrogen-bond donors (Lipinski definition) is 1. The predicted octanol–water partition coefficient (Wildman–Crippen LogP) is 3.82. The Labute approximate surface area is 187 Å². The number of sulfone groups is 1. The van der Waals surface area contributed by atoms with Crippen molar-refractivity contribution in [3.63, 3.8) is 0 Å². The Bertz CT molecular complexity index is 871. The van der Waals surface area contributed by atoms with Crippen LogP contribution in [0.3, 0.4) is 0 Å². The third-order valence-electron chi connectivity index (χ3n) is 3.84. The third kappa shape index (κ3) is 8.18. The zero-order valence-corrected chi connectivity index (χ0v) is 20.4.